The first-order valence-corrected chi connectivity index (χ1v) is 5.07. The van der Waals surface area contributed by atoms with Crippen molar-refractivity contribution in [3.05, 3.63) is 35.9 Å². The highest BCUT2D eigenvalue weighted by Crippen LogP contribution is 2.19. The van der Waals surface area contributed by atoms with Gasteiger partial charge in [0, 0.05) is 7.11 Å². The van der Waals surface area contributed by atoms with E-state index in [0.29, 0.717) is 0 Å². The molecule has 0 bridgehead atoms. The Bertz CT molecular complexity index is 320. The molecule has 82 valence electrons. The van der Waals surface area contributed by atoms with E-state index in [1.807, 2.05) is 51.1 Å². The molecule has 0 aromatic heterocycles. The quantitative estimate of drug-likeness (QED) is 0.693. The number of rotatable bonds is 4. The van der Waals surface area contributed by atoms with Crippen LogP contribution < -0.4 is 0 Å². The topological polar surface area (TPSA) is 34.0 Å². The Morgan fingerprint density at radius 1 is 1.20 bits per heavy atom. The summed E-state index contributed by atoms with van der Waals surface area (Å²) in [6.07, 6.45) is 0. The zero-order valence-electron chi connectivity index (χ0n) is 9.77. The zero-order valence-corrected chi connectivity index (χ0v) is 9.77. The highest BCUT2D eigenvalue weighted by molar-refractivity contribution is 5.17. The number of nitrogens with zero attached hydrogens (tertiary/aromatic N) is 2. The summed E-state index contributed by atoms with van der Waals surface area (Å²) >= 11 is 0. The maximum Gasteiger partial charge on any atom is 0.172 e. The molecule has 1 unspecified atom stereocenters. The van der Waals surface area contributed by atoms with Gasteiger partial charge in [-0.1, -0.05) is 30.3 Å². The van der Waals surface area contributed by atoms with Crippen LogP contribution in [-0.2, 0) is 4.74 Å². The van der Waals surface area contributed by atoms with Gasteiger partial charge in [-0.05, 0) is 26.3 Å². The molecular formula is C12H18N2O. The van der Waals surface area contributed by atoms with Crippen molar-refractivity contribution in [2.45, 2.75) is 32.5 Å². The molecule has 1 atom stereocenters. The highest BCUT2D eigenvalue weighted by Gasteiger charge is 2.14. The fourth-order valence-electron chi connectivity index (χ4n) is 1.06. The van der Waals surface area contributed by atoms with Crippen molar-refractivity contribution in [1.29, 1.82) is 0 Å². The molecule has 3 nitrogen and oxygen atoms in total. The van der Waals surface area contributed by atoms with Crippen LogP contribution in [0.15, 0.2) is 40.6 Å². The Labute approximate surface area is 91.2 Å². The predicted molar refractivity (Wildman–Crippen MR) is 60.8 cm³/mol. The molecule has 0 amide bonds. The van der Waals surface area contributed by atoms with E-state index in [9.17, 15) is 0 Å². The molecule has 0 N–H and O–H groups in total. The second-order valence-electron chi connectivity index (χ2n) is 3.95. The third-order valence-electron chi connectivity index (χ3n) is 2.25. The van der Waals surface area contributed by atoms with Crippen molar-refractivity contribution in [1.82, 2.24) is 0 Å². The van der Waals surface area contributed by atoms with Crippen LogP contribution >= 0.6 is 0 Å². The van der Waals surface area contributed by atoms with Crippen LogP contribution in [0.25, 0.3) is 0 Å². The monoisotopic (exact) mass is 206 g/mol. The lowest BCUT2D eigenvalue weighted by Gasteiger charge is -2.16. The Morgan fingerprint density at radius 2 is 1.80 bits per heavy atom. The number of hydrogen-bond acceptors (Lipinski definition) is 3. The van der Waals surface area contributed by atoms with Gasteiger partial charge in [0.25, 0.3) is 0 Å². The molecule has 0 spiro atoms. The second-order valence-corrected chi connectivity index (χ2v) is 3.95. The van der Waals surface area contributed by atoms with Crippen molar-refractivity contribution >= 4 is 0 Å². The number of hydrogen-bond donors (Lipinski definition) is 0. The fraction of sp³-hybridized carbons (Fsp3) is 0.500. The summed E-state index contributed by atoms with van der Waals surface area (Å²) in [6, 6.07) is 10.2. The lowest BCUT2D eigenvalue weighted by molar-refractivity contribution is 0.0231. The third kappa shape index (κ3) is 3.80. The molecule has 0 heterocycles. The van der Waals surface area contributed by atoms with Gasteiger partial charge in [-0.25, -0.2) is 0 Å². The molecule has 1 aromatic carbocycles. The van der Waals surface area contributed by atoms with Crippen LogP contribution in [0.5, 0.6) is 0 Å². The summed E-state index contributed by atoms with van der Waals surface area (Å²) in [6.45, 7) is 5.78. The van der Waals surface area contributed by atoms with E-state index in [1.54, 1.807) is 7.11 Å². The van der Waals surface area contributed by atoms with Crippen LogP contribution in [0.4, 0.5) is 0 Å². The molecule has 3 heteroatoms. The summed E-state index contributed by atoms with van der Waals surface area (Å²) in [5, 5.41) is 8.39. The van der Waals surface area contributed by atoms with Gasteiger partial charge in [0.05, 0.1) is 6.04 Å². The van der Waals surface area contributed by atoms with Crippen molar-refractivity contribution < 1.29 is 4.74 Å². The van der Waals surface area contributed by atoms with E-state index in [4.69, 9.17) is 4.74 Å². The van der Waals surface area contributed by atoms with E-state index in [-0.39, 0.29) is 6.04 Å². The molecule has 0 saturated carbocycles. The van der Waals surface area contributed by atoms with Crippen LogP contribution in [0.1, 0.15) is 32.4 Å². The second kappa shape index (κ2) is 5.03. The SMILES string of the molecule is COC(C)(C)N=NC(C)c1ccccc1. The number of ether oxygens (including phenoxy) is 1. The molecule has 0 radical (unpaired) electrons. The number of benzene rings is 1. The van der Waals surface area contributed by atoms with Crippen molar-refractivity contribution in [3.8, 4) is 0 Å². The highest BCUT2D eigenvalue weighted by atomic mass is 16.5. The summed E-state index contributed by atoms with van der Waals surface area (Å²) in [5.74, 6) is 0. The van der Waals surface area contributed by atoms with Crippen LogP contribution in [-0.4, -0.2) is 12.8 Å². The van der Waals surface area contributed by atoms with Crippen LogP contribution in [0.3, 0.4) is 0 Å². The van der Waals surface area contributed by atoms with E-state index >= 15 is 0 Å². The smallest absolute Gasteiger partial charge is 0.172 e. The summed E-state index contributed by atoms with van der Waals surface area (Å²) in [7, 11) is 1.63. The minimum Gasteiger partial charge on any atom is -0.356 e. The molecule has 0 aliphatic rings. The molecule has 0 fully saturated rings. The van der Waals surface area contributed by atoms with Gasteiger partial charge in [0.1, 0.15) is 0 Å². The van der Waals surface area contributed by atoms with Crippen molar-refractivity contribution in [2.24, 2.45) is 10.2 Å². The first-order valence-electron chi connectivity index (χ1n) is 5.07. The average Bonchev–Trinajstić information content (AvgIpc) is 2.27. The maximum atomic E-state index is 5.16. The number of azo groups is 1. The third-order valence-corrected chi connectivity index (χ3v) is 2.25. The minimum atomic E-state index is -0.539. The standard InChI is InChI=1S/C12H18N2O/c1-10(11-8-6-5-7-9-11)13-14-12(2,3)15-4/h5-10H,1-4H3. The van der Waals surface area contributed by atoms with Gasteiger partial charge in [0.15, 0.2) is 5.72 Å². The minimum absolute atomic E-state index is 0.0700. The zero-order chi connectivity index (χ0) is 11.3. The lowest BCUT2D eigenvalue weighted by atomic mass is 10.1. The van der Waals surface area contributed by atoms with Gasteiger partial charge in [-0.15, -0.1) is 0 Å². The normalized spacial score (nSPS) is 14.4. The van der Waals surface area contributed by atoms with Gasteiger partial charge < -0.3 is 4.74 Å². The Hall–Kier alpha value is -1.22. The van der Waals surface area contributed by atoms with Crippen molar-refractivity contribution in [2.75, 3.05) is 7.11 Å². The van der Waals surface area contributed by atoms with Gasteiger partial charge >= 0.3 is 0 Å². The maximum absolute atomic E-state index is 5.16. The number of methoxy groups -OCH3 is 1. The average molecular weight is 206 g/mol. The van der Waals surface area contributed by atoms with E-state index in [1.165, 1.54) is 0 Å². The summed E-state index contributed by atoms with van der Waals surface area (Å²) < 4.78 is 5.16. The molecule has 0 aliphatic carbocycles. The first-order chi connectivity index (χ1) is 7.05. The van der Waals surface area contributed by atoms with E-state index in [0.717, 1.165) is 5.56 Å². The van der Waals surface area contributed by atoms with Gasteiger partial charge in [-0.3, -0.25) is 0 Å². The summed E-state index contributed by atoms with van der Waals surface area (Å²) in [4.78, 5) is 0. The van der Waals surface area contributed by atoms with E-state index < -0.39 is 5.72 Å². The van der Waals surface area contributed by atoms with Crippen LogP contribution in [0, 0.1) is 0 Å². The fourth-order valence-corrected chi connectivity index (χ4v) is 1.06. The Morgan fingerprint density at radius 3 is 2.33 bits per heavy atom. The molecule has 1 aromatic rings. The molecule has 0 aliphatic heterocycles. The van der Waals surface area contributed by atoms with Gasteiger partial charge in [-0.2, -0.15) is 10.2 Å². The Kier molecular flexibility index (Phi) is 3.97. The lowest BCUT2D eigenvalue weighted by Crippen LogP contribution is -2.18. The van der Waals surface area contributed by atoms with Gasteiger partial charge in [0.2, 0.25) is 0 Å². The van der Waals surface area contributed by atoms with E-state index in [2.05, 4.69) is 10.2 Å². The van der Waals surface area contributed by atoms with Crippen molar-refractivity contribution in [3.63, 3.8) is 0 Å². The summed E-state index contributed by atoms with van der Waals surface area (Å²) in [5.41, 5.74) is 0.622. The Balaban J connectivity index is 2.68. The molecule has 1 rings (SSSR count). The molecular weight excluding hydrogens is 188 g/mol. The van der Waals surface area contributed by atoms with Crippen LogP contribution in [0.2, 0.25) is 0 Å². The molecule has 0 saturated heterocycles. The molecule has 15 heavy (non-hydrogen) atoms. The predicted octanol–water partition coefficient (Wildman–Crippen LogP) is 3.58. The largest absolute Gasteiger partial charge is 0.356 e. The first kappa shape index (κ1) is 11.9.